The number of ether oxygens (including phenoxy) is 1. The Hall–Kier alpha value is 0.0700. The molecule has 11 heavy (non-hydrogen) atoms. The molecule has 1 aliphatic rings. The minimum absolute atomic E-state index is 0. The smallest absolute Gasteiger partial charge is 0.323 e. The van der Waals surface area contributed by atoms with Crippen molar-refractivity contribution >= 4 is 30.1 Å². The van der Waals surface area contributed by atoms with Crippen LogP contribution in [0.2, 0.25) is 0 Å². The van der Waals surface area contributed by atoms with Crippen LogP contribution in [0, 0.1) is 0 Å². The highest BCUT2D eigenvalue weighted by atomic mass is 35.5. The SMILES string of the molecule is COC(=O)[C@@H]1CSCCN1.Cl. The molecule has 1 atom stereocenters. The van der Waals surface area contributed by atoms with Crippen LogP contribution in [0.5, 0.6) is 0 Å². The van der Waals surface area contributed by atoms with E-state index in [1.807, 2.05) is 0 Å². The van der Waals surface area contributed by atoms with Crippen LogP contribution in [-0.2, 0) is 9.53 Å². The van der Waals surface area contributed by atoms with Gasteiger partial charge >= 0.3 is 5.97 Å². The van der Waals surface area contributed by atoms with Gasteiger partial charge in [-0.3, -0.25) is 4.79 Å². The largest absolute Gasteiger partial charge is 0.468 e. The lowest BCUT2D eigenvalue weighted by atomic mass is 10.3. The van der Waals surface area contributed by atoms with Crippen LogP contribution >= 0.6 is 24.2 Å². The second-order valence-electron chi connectivity index (χ2n) is 2.10. The van der Waals surface area contributed by atoms with Gasteiger partial charge in [0.05, 0.1) is 7.11 Å². The quantitative estimate of drug-likeness (QED) is 0.614. The molecule has 0 bridgehead atoms. The molecule has 1 fully saturated rings. The average molecular weight is 198 g/mol. The maximum Gasteiger partial charge on any atom is 0.323 e. The van der Waals surface area contributed by atoms with Crippen molar-refractivity contribution in [2.45, 2.75) is 6.04 Å². The molecular weight excluding hydrogens is 186 g/mol. The number of thioether (sulfide) groups is 1. The molecule has 0 unspecified atom stereocenters. The van der Waals surface area contributed by atoms with Gasteiger partial charge in [-0.05, 0) is 0 Å². The molecule has 0 saturated carbocycles. The lowest BCUT2D eigenvalue weighted by Crippen LogP contribution is -2.43. The van der Waals surface area contributed by atoms with Crippen LogP contribution in [0.1, 0.15) is 0 Å². The summed E-state index contributed by atoms with van der Waals surface area (Å²) in [7, 11) is 1.42. The van der Waals surface area contributed by atoms with Crippen molar-refractivity contribution in [1.82, 2.24) is 5.32 Å². The van der Waals surface area contributed by atoms with E-state index in [0.717, 1.165) is 18.1 Å². The Morgan fingerprint density at radius 1 is 1.73 bits per heavy atom. The van der Waals surface area contributed by atoms with E-state index in [-0.39, 0.29) is 24.4 Å². The first kappa shape index (κ1) is 11.1. The Kier molecular flexibility index (Phi) is 5.72. The zero-order chi connectivity index (χ0) is 7.40. The monoisotopic (exact) mass is 197 g/mol. The van der Waals surface area contributed by atoms with E-state index in [9.17, 15) is 4.79 Å². The molecule has 1 rings (SSSR count). The van der Waals surface area contributed by atoms with E-state index in [2.05, 4.69) is 10.1 Å². The first-order valence-corrected chi connectivity index (χ1v) is 4.39. The van der Waals surface area contributed by atoms with Gasteiger partial charge in [-0.15, -0.1) is 12.4 Å². The summed E-state index contributed by atoms with van der Waals surface area (Å²) in [6.07, 6.45) is 0. The second-order valence-corrected chi connectivity index (χ2v) is 3.25. The van der Waals surface area contributed by atoms with Crippen LogP contribution in [0.25, 0.3) is 0 Å². The zero-order valence-electron chi connectivity index (χ0n) is 6.33. The molecule has 0 aromatic carbocycles. The van der Waals surface area contributed by atoms with Gasteiger partial charge in [0.2, 0.25) is 0 Å². The van der Waals surface area contributed by atoms with E-state index in [0.29, 0.717) is 0 Å². The lowest BCUT2D eigenvalue weighted by molar-refractivity contribution is -0.142. The fourth-order valence-corrected chi connectivity index (χ4v) is 1.78. The van der Waals surface area contributed by atoms with E-state index < -0.39 is 0 Å². The number of methoxy groups -OCH3 is 1. The van der Waals surface area contributed by atoms with Gasteiger partial charge in [-0.1, -0.05) is 0 Å². The number of rotatable bonds is 1. The first-order chi connectivity index (χ1) is 4.84. The molecule has 1 saturated heterocycles. The van der Waals surface area contributed by atoms with Crippen LogP contribution in [0.4, 0.5) is 0 Å². The summed E-state index contributed by atoms with van der Waals surface area (Å²) in [5.74, 6) is 1.78. The Labute approximate surface area is 76.7 Å². The summed E-state index contributed by atoms with van der Waals surface area (Å²) >= 11 is 1.78. The topological polar surface area (TPSA) is 38.3 Å². The molecule has 5 heteroatoms. The van der Waals surface area contributed by atoms with Crippen LogP contribution in [0.15, 0.2) is 0 Å². The molecule has 66 valence electrons. The van der Waals surface area contributed by atoms with Crippen LogP contribution in [0.3, 0.4) is 0 Å². The van der Waals surface area contributed by atoms with Crippen molar-refractivity contribution in [3.05, 3.63) is 0 Å². The number of carbonyl (C=O) groups excluding carboxylic acids is 1. The highest BCUT2D eigenvalue weighted by Crippen LogP contribution is 2.07. The maximum absolute atomic E-state index is 10.9. The van der Waals surface area contributed by atoms with Crippen molar-refractivity contribution in [2.24, 2.45) is 0 Å². The Morgan fingerprint density at radius 3 is 2.91 bits per heavy atom. The van der Waals surface area contributed by atoms with E-state index in [4.69, 9.17) is 0 Å². The highest BCUT2D eigenvalue weighted by Gasteiger charge is 2.20. The normalized spacial score (nSPS) is 23.5. The fraction of sp³-hybridized carbons (Fsp3) is 0.833. The number of hydrogen-bond acceptors (Lipinski definition) is 4. The minimum Gasteiger partial charge on any atom is -0.468 e. The molecule has 1 aliphatic heterocycles. The Balaban J connectivity index is 0.000001000. The number of halogens is 1. The van der Waals surface area contributed by atoms with Crippen molar-refractivity contribution in [3.63, 3.8) is 0 Å². The van der Waals surface area contributed by atoms with E-state index in [1.54, 1.807) is 11.8 Å². The molecule has 0 aliphatic carbocycles. The van der Waals surface area contributed by atoms with Gasteiger partial charge in [-0.25, -0.2) is 0 Å². The lowest BCUT2D eigenvalue weighted by Gasteiger charge is -2.20. The molecule has 1 N–H and O–H groups in total. The predicted octanol–water partition coefficient (Wildman–Crippen LogP) is 0.286. The van der Waals surface area contributed by atoms with Crippen molar-refractivity contribution in [2.75, 3.05) is 25.2 Å². The summed E-state index contributed by atoms with van der Waals surface area (Å²) < 4.78 is 4.57. The van der Waals surface area contributed by atoms with Crippen molar-refractivity contribution < 1.29 is 9.53 Å². The summed E-state index contributed by atoms with van der Waals surface area (Å²) in [5, 5.41) is 3.07. The Bertz CT molecular complexity index is 128. The predicted molar refractivity (Wildman–Crippen MR) is 48.4 cm³/mol. The van der Waals surface area contributed by atoms with E-state index >= 15 is 0 Å². The first-order valence-electron chi connectivity index (χ1n) is 3.23. The van der Waals surface area contributed by atoms with Gasteiger partial charge in [0.1, 0.15) is 6.04 Å². The van der Waals surface area contributed by atoms with Crippen LogP contribution in [-0.4, -0.2) is 37.2 Å². The molecule has 3 nitrogen and oxygen atoms in total. The third kappa shape index (κ3) is 3.31. The molecule has 0 aromatic heterocycles. The number of carbonyl (C=O) groups is 1. The average Bonchev–Trinajstić information content (AvgIpc) is 2.05. The molecule has 1 heterocycles. The van der Waals surface area contributed by atoms with Gasteiger partial charge < -0.3 is 10.1 Å². The number of nitrogens with one attached hydrogen (secondary N) is 1. The zero-order valence-corrected chi connectivity index (χ0v) is 7.96. The van der Waals surface area contributed by atoms with E-state index in [1.165, 1.54) is 7.11 Å². The second kappa shape index (κ2) is 5.69. The molecule has 0 spiro atoms. The van der Waals surface area contributed by atoms with Crippen LogP contribution < -0.4 is 5.32 Å². The number of esters is 1. The van der Waals surface area contributed by atoms with Gasteiger partial charge in [0.15, 0.2) is 0 Å². The summed E-state index contributed by atoms with van der Waals surface area (Å²) in [5.41, 5.74) is 0. The summed E-state index contributed by atoms with van der Waals surface area (Å²) in [4.78, 5) is 10.9. The molecular formula is C6H12ClNO2S. The summed E-state index contributed by atoms with van der Waals surface area (Å²) in [6.45, 7) is 0.907. The van der Waals surface area contributed by atoms with Crippen molar-refractivity contribution in [1.29, 1.82) is 0 Å². The highest BCUT2D eigenvalue weighted by molar-refractivity contribution is 7.99. The molecule has 0 amide bonds. The van der Waals surface area contributed by atoms with Gasteiger partial charge in [-0.2, -0.15) is 11.8 Å². The van der Waals surface area contributed by atoms with Gasteiger partial charge in [0, 0.05) is 18.1 Å². The molecule has 0 radical (unpaired) electrons. The standard InChI is InChI=1S/C6H11NO2S.ClH/c1-9-6(8)5-4-10-3-2-7-5;/h5,7H,2-4H2,1H3;1H/t5-;/m0./s1. The van der Waals surface area contributed by atoms with Gasteiger partial charge in [0.25, 0.3) is 0 Å². The minimum atomic E-state index is -0.146. The number of hydrogen-bond donors (Lipinski definition) is 1. The molecule has 0 aromatic rings. The third-order valence-electron chi connectivity index (χ3n) is 1.41. The Morgan fingerprint density at radius 2 is 2.45 bits per heavy atom. The van der Waals surface area contributed by atoms with Crippen molar-refractivity contribution in [3.8, 4) is 0 Å². The maximum atomic E-state index is 10.9. The third-order valence-corrected chi connectivity index (χ3v) is 2.47. The fourth-order valence-electron chi connectivity index (χ4n) is 0.859. The summed E-state index contributed by atoms with van der Waals surface area (Å²) in [6, 6.07) is -0.0799.